The number of piperidine rings is 1. The van der Waals surface area contributed by atoms with Crippen molar-refractivity contribution in [3.8, 4) is 0 Å². The van der Waals surface area contributed by atoms with Crippen molar-refractivity contribution in [1.29, 1.82) is 0 Å². The third-order valence-corrected chi connectivity index (χ3v) is 6.38. The smallest absolute Gasteiger partial charge is 0.264 e. The molecule has 138 valence electrons. The number of aromatic nitrogens is 1. The van der Waals surface area contributed by atoms with Crippen molar-refractivity contribution in [3.63, 3.8) is 0 Å². The molecule has 2 aromatic rings. The highest BCUT2D eigenvalue weighted by Gasteiger charge is 2.37. The molecule has 0 aliphatic carbocycles. The zero-order chi connectivity index (χ0) is 17.9. The van der Waals surface area contributed by atoms with Gasteiger partial charge in [0, 0.05) is 56.6 Å². The molecule has 5 rings (SSSR count). The maximum Gasteiger partial charge on any atom is 0.264 e. The molecule has 1 amide bonds. The third-order valence-electron chi connectivity index (χ3n) is 5.34. The van der Waals surface area contributed by atoms with Crippen molar-refractivity contribution in [1.82, 2.24) is 14.8 Å². The fraction of sp³-hybridized carbons (Fsp3) is 0.500. The molecule has 3 fully saturated rings. The Balaban J connectivity index is 1.46. The second-order valence-corrected chi connectivity index (χ2v) is 8.48. The SMILES string of the molecule is COCc1ccc(C(=O)N2C[C@H]3CC[C@@H]2CN(Cc2cccnc2)C3)s1. The molecule has 6 heteroatoms. The summed E-state index contributed by atoms with van der Waals surface area (Å²) in [5, 5.41) is 0. The first kappa shape index (κ1) is 17.6. The van der Waals surface area contributed by atoms with Crippen molar-refractivity contribution >= 4 is 17.2 Å². The first-order valence-electron chi connectivity index (χ1n) is 9.23. The normalized spacial score (nSPS) is 23.2. The average Bonchev–Trinajstić information content (AvgIpc) is 2.95. The highest BCUT2D eigenvalue weighted by atomic mass is 32.1. The van der Waals surface area contributed by atoms with E-state index in [4.69, 9.17) is 4.74 Å². The number of rotatable bonds is 5. The predicted molar refractivity (Wildman–Crippen MR) is 102 cm³/mol. The highest BCUT2D eigenvalue weighted by Crippen LogP contribution is 2.31. The van der Waals surface area contributed by atoms with E-state index in [1.54, 1.807) is 18.4 Å². The van der Waals surface area contributed by atoms with Crippen LogP contribution >= 0.6 is 11.3 Å². The molecule has 3 aliphatic heterocycles. The molecule has 0 aromatic carbocycles. The molecule has 26 heavy (non-hydrogen) atoms. The highest BCUT2D eigenvalue weighted by molar-refractivity contribution is 7.14. The fourth-order valence-electron chi connectivity index (χ4n) is 4.16. The minimum absolute atomic E-state index is 0.190. The Morgan fingerprint density at radius 2 is 2.19 bits per heavy atom. The van der Waals surface area contributed by atoms with Crippen molar-refractivity contribution in [2.45, 2.75) is 32.0 Å². The van der Waals surface area contributed by atoms with Crippen LogP contribution in [0.15, 0.2) is 36.7 Å². The molecule has 5 heterocycles. The zero-order valence-electron chi connectivity index (χ0n) is 15.1. The van der Waals surface area contributed by atoms with Crippen LogP contribution in [0.4, 0.5) is 0 Å². The van der Waals surface area contributed by atoms with Crippen LogP contribution < -0.4 is 0 Å². The van der Waals surface area contributed by atoms with Crippen molar-refractivity contribution in [2.24, 2.45) is 5.92 Å². The van der Waals surface area contributed by atoms with Gasteiger partial charge in [-0.25, -0.2) is 0 Å². The number of methoxy groups -OCH3 is 1. The van der Waals surface area contributed by atoms with Gasteiger partial charge in [-0.3, -0.25) is 14.7 Å². The Morgan fingerprint density at radius 1 is 1.27 bits per heavy atom. The molecule has 5 nitrogen and oxygen atoms in total. The second-order valence-electron chi connectivity index (χ2n) is 7.31. The molecular formula is C20H25N3O2S. The average molecular weight is 372 g/mol. The minimum Gasteiger partial charge on any atom is -0.379 e. The monoisotopic (exact) mass is 371 g/mol. The Morgan fingerprint density at radius 3 is 3.00 bits per heavy atom. The zero-order valence-corrected chi connectivity index (χ0v) is 16.0. The van der Waals surface area contributed by atoms with Gasteiger partial charge in [0.2, 0.25) is 0 Å². The molecule has 3 aliphatic rings. The van der Waals surface area contributed by atoms with E-state index in [0.717, 1.165) is 42.4 Å². The molecule has 3 saturated heterocycles. The van der Waals surface area contributed by atoms with Gasteiger partial charge >= 0.3 is 0 Å². The van der Waals surface area contributed by atoms with E-state index < -0.39 is 0 Å². The summed E-state index contributed by atoms with van der Waals surface area (Å²) < 4.78 is 5.18. The van der Waals surface area contributed by atoms with Gasteiger partial charge in [0.25, 0.3) is 5.91 Å². The molecule has 2 aromatic heterocycles. The van der Waals surface area contributed by atoms with Crippen LogP contribution in [0.25, 0.3) is 0 Å². The number of carbonyl (C=O) groups is 1. The Bertz CT molecular complexity index is 749. The summed E-state index contributed by atoms with van der Waals surface area (Å²) in [6.45, 7) is 4.38. The lowest BCUT2D eigenvalue weighted by molar-refractivity contribution is 0.0590. The summed E-state index contributed by atoms with van der Waals surface area (Å²) in [7, 11) is 1.69. The van der Waals surface area contributed by atoms with Gasteiger partial charge in [-0.1, -0.05) is 6.07 Å². The Labute approximate surface area is 158 Å². The lowest BCUT2D eigenvalue weighted by Gasteiger charge is -2.36. The van der Waals surface area contributed by atoms with E-state index >= 15 is 0 Å². The van der Waals surface area contributed by atoms with Gasteiger partial charge in [-0.15, -0.1) is 11.3 Å². The Kier molecular flexibility index (Phi) is 5.33. The number of pyridine rings is 1. The van der Waals surface area contributed by atoms with Crippen LogP contribution in [0.1, 0.15) is 33.0 Å². The van der Waals surface area contributed by atoms with E-state index in [9.17, 15) is 4.79 Å². The van der Waals surface area contributed by atoms with E-state index in [1.807, 2.05) is 30.6 Å². The molecule has 2 atom stereocenters. The summed E-state index contributed by atoms with van der Waals surface area (Å²) in [5.41, 5.74) is 1.24. The van der Waals surface area contributed by atoms with Crippen LogP contribution in [0, 0.1) is 5.92 Å². The van der Waals surface area contributed by atoms with Gasteiger partial charge in [0.05, 0.1) is 11.5 Å². The number of thiophene rings is 1. The molecule has 0 saturated carbocycles. The van der Waals surface area contributed by atoms with Crippen LogP contribution in [0.5, 0.6) is 0 Å². The fourth-order valence-corrected chi connectivity index (χ4v) is 5.10. The van der Waals surface area contributed by atoms with Crippen LogP contribution in [-0.2, 0) is 17.9 Å². The lowest BCUT2D eigenvalue weighted by Crippen LogP contribution is -2.47. The first-order chi connectivity index (χ1) is 12.7. The van der Waals surface area contributed by atoms with E-state index in [1.165, 1.54) is 12.0 Å². The summed E-state index contributed by atoms with van der Waals surface area (Å²) in [4.78, 5) is 23.9. The second kappa shape index (κ2) is 7.86. The summed E-state index contributed by atoms with van der Waals surface area (Å²) in [5.74, 6) is 0.753. The molecule has 2 bridgehead atoms. The summed E-state index contributed by atoms with van der Waals surface area (Å²) in [6.07, 6.45) is 6.08. The number of carbonyl (C=O) groups excluding carboxylic acids is 1. The third kappa shape index (κ3) is 3.82. The number of fused-ring (bicyclic) bond motifs is 4. The van der Waals surface area contributed by atoms with Crippen LogP contribution in [-0.4, -0.2) is 53.5 Å². The number of hydrogen-bond donors (Lipinski definition) is 0. The largest absolute Gasteiger partial charge is 0.379 e. The van der Waals surface area contributed by atoms with Gasteiger partial charge in [0.15, 0.2) is 0 Å². The lowest BCUT2D eigenvalue weighted by atomic mass is 9.95. The first-order valence-corrected chi connectivity index (χ1v) is 10.0. The maximum absolute atomic E-state index is 13.1. The van der Waals surface area contributed by atoms with E-state index in [-0.39, 0.29) is 5.91 Å². The van der Waals surface area contributed by atoms with Gasteiger partial charge in [0.1, 0.15) is 0 Å². The Hall–Kier alpha value is -1.76. The van der Waals surface area contributed by atoms with E-state index in [2.05, 4.69) is 20.9 Å². The van der Waals surface area contributed by atoms with Gasteiger partial charge in [-0.2, -0.15) is 0 Å². The van der Waals surface area contributed by atoms with Gasteiger partial charge in [-0.05, 0) is 42.5 Å². The molecule has 0 N–H and O–H groups in total. The summed E-state index contributed by atoms with van der Waals surface area (Å²) in [6, 6.07) is 8.39. The molecular weight excluding hydrogens is 346 g/mol. The standard InChI is InChI=1S/C20H25N3O2S/c1-25-14-18-6-7-19(26-18)20(24)23-12-16-4-5-17(23)13-22(11-16)10-15-3-2-8-21-9-15/h2-3,6-9,16-17H,4-5,10-14H2,1H3/t16-,17+/m0/s1. The molecule has 0 radical (unpaired) electrons. The molecule has 0 spiro atoms. The minimum atomic E-state index is 0.190. The van der Waals surface area contributed by atoms with Crippen LogP contribution in [0.3, 0.4) is 0 Å². The number of ether oxygens (including phenoxy) is 1. The quantitative estimate of drug-likeness (QED) is 0.810. The van der Waals surface area contributed by atoms with E-state index in [0.29, 0.717) is 18.6 Å². The number of hydrogen-bond acceptors (Lipinski definition) is 5. The van der Waals surface area contributed by atoms with Gasteiger partial charge < -0.3 is 9.64 Å². The topological polar surface area (TPSA) is 45.7 Å². The maximum atomic E-state index is 13.1. The molecule has 0 unspecified atom stereocenters. The summed E-state index contributed by atoms with van der Waals surface area (Å²) >= 11 is 1.56. The van der Waals surface area contributed by atoms with Crippen molar-refractivity contribution < 1.29 is 9.53 Å². The van der Waals surface area contributed by atoms with Crippen LogP contribution in [0.2, 0.25) is 0 Å². The van der Waals surface area contributed by atoms with Crippen molar-refractivity contribution in [2.75, 3.05) is 26.7 Å². The predicted octanol–water partition coefficient (Wildman–Crippen LogP) is 3.03. The number of amides is 1. The number of nitrogens with zero attached hydrogens (tertiary/aromatic N) is 3. The van der Waals surface area contributed by atoms with Crippen molar-refractivity contribution in [3.05, 3.63) is 52.0 Å².